The first-order valence-corrected chi connectivity index (χ1v) is 11.4. The molecule has 5 nitrogen and oxygen atoms in total. The van der Waals surface area contributed by atoms with E-state index in [9.17, 15) is 4.79 Å². The molecule has 2 aliphatic rings. The van der Waals surface area contributed by atoms with Crippen LogP contribution in [0.4, 0.5) is 0 Å². The minimum absolute atomic E-state index is 0.290. The molecular weight excluding hydrogens is 372 g/mol. The third-order valence-electron chi connectivity index (χ3n) is 7.27. The van der Waals surface area contributed by atoms with Gasteiger partial charge in [0, 0.05) is 50.8 Å². The Morgan fingerprint density at radius 1 is 1.13 bits per heavy atom. The van der Waals surface area contributed by atoms with Crippen LogP contribution in [0.15, 0.2) is 24.3 Å². The van der Waals surface area contributed by atoms with Crippen LogP contribution in [0.2, 0.25) is 0 Å². The lowest BCUT2D eigenvalue weighted by Crippen LogP contribution is -2.45. The van der Waals surface area contributed by atoms with Crippen molar-refractivity contribution in [2.75, 3.05) is 26.2 Å². The quantitative estimate of drug-likeness (QED) is 0.756. The molecule has 2 aliphatic heterocycles. The van der Waals surface area contributed by atoms with Crippen LogP contribution in [0, 0.1) is 26.2 Å². The summed E-state index contributed by atoms with van der Waals surface area (Å²) in [4.78, 5) is 17.7. The first-order chi connectivity index (χ1) is 14.3. The predicted octanol–water partition coefficient (Wildman–Crippen LogP) is 3.79. The maximum absolute atomic E-state index is 13.0. The van der Waals surface area contributed by atoms with E-state index in [1.807, 2.05) is 18.7 Å². The molecule has 30 heavy (non-hydrogen) atoms. The SMILES string of the molecule is Cc1cccc(CN2CCC[C@]3(CCN(C(=O)CCc4c(C)nn(C)c4C)C3)C2)c1. The van der Waals surface area contributed by atoms with Gasteiger partial charge in [0.15, 0.2) is 0 Å². The fourth-order valence-electron chi connectivity index (χ4n) is 5.56. The van der Waals surface area contributed by atoms with Gasteiger partial charge in [-0.1, -0.05) is 29.8 Å². The average molecular weight is 409 g/mol. The van der Waals surface area contributed by atoms with Gasteiger partial charge in [-0.3, -0.25) is 14.4 Å². The van der Waals surface area contributed by atoms with Gasteiger partial charge in [0.05, 0.1) is 5.69 Å². The number of hydrogen-bond acceptors (Lipinski definition) is 3. The topological polar surface area (TPSA) is 41.4 Å². The van der Waals surface area contributed by atoms with Gasteiger partial charge in [0.1, 0.15) is 0 Å². The molecule has 0 bridgehead atoms. The Hall–Kier alpha value is -2.14. The summed E-state index contributed by atoms with van der Waals surface area (Å²) in [5.74, 6) is 0.310. The molecule has 0 radical (unpaired) electrons. The van der Waals surface area contributed by atoms with Crippen molar-refractivity contribution in [2.24, 2.45) is 12.5 Å². The van der Waals surface area contributed by atoms with Gasteiger partial charge in [-0.25, -0.2) is 0 Å². The van der Waals surface area contributed by atoms with E-state index in [0.29, 0.717) is 12.3 Å². The monoisotopic (exact) mass is 408 g/mol. The van der Waals surface area contributed by atoms with Crippen LogP contribution in [0.1, 0.15) is 53.8 Å². The highest BCUT2D eigenvalue weighted by Gasteiger charge is 2.42. The second kappa shape index (κ2) is 8.54. The van der Waals surface area contributed by atoms with E-state index in [1.54, 1.807) is 0 Å². The minimum atomic E-state index is 0.290. The van der Waals surface area contributed by atoms with Crippen molar-refractivity contribution >= 4 is 5.91 Å². The van der Waals surface area contributed by atoms with E-state index in [2.05, 4.69) is 53.0 Å². The third-order valence-corrected chi connectivity index (χ3v) is 7.27. The molecule has 1 aromatic heterocycles. The van der Waals surface area contributed by atoms with Crippen molar-refractivity contribution in [2.45, 2.75) is 59.4 Å². The first kappa shape index (κ1) is 21.1. The zero-order valence-corrected chi connectivity index (χ0v) is 19.1. The second-order valence-corrected chi connectivity index (χ2v) is 9.64. The van der Waals surface area contributed by atoms with Gasteiger partial charge in [-0.2, -0.15) is 5.10 Å². The van der Waals surface area contributed by atoms with Crippen molar-refractivity contribution in [3.63, 3.8) is 0 Å². The summed E-state index contributed by atoms with van der Waals surface area (Å²) in [6, 6.07) is 8.86. The van der Waals surface area contributed by atoms with E-state index in [-0.39, 0.29) is 5.41 Å². The number of aromatic nitrogens is 2. The fourth-order valence-corrected chi connectivity index (χ4v) is 5.56. The molecule has 0 saturated carbocycles. The molecule has 2 aromatic rings. The summed E-state index contributed by atoms with van der Waals surface area (Å²) in [6.07, 6.45) is 5.03. The molecule has 2 saturated heterocycles. The number of aryl methyl sites for hydroxylation is 3. The third kappa shape index (κ3) is 4.46. The summed E-state index contributed by atoms with van der Waals surface area (Å²) in [5, 5.41) is 4.49. The van der Waals surface area contributed by atoms with Crippen molar-refractivity contribution in [1.29, 1.82) is 0 Å². The smallest absolute Gasteiger partial charge is 0.222 e. The first-order valence-electron chi connectivity index (χ1n) is 11.4. The molecule has 3 heterocycles. The van der Waals surface area contributed by atoms with Crippen LogP contribution in [0.25, 0.3) is 0 Å². The number of hydrogen-bond donors (Lipinski definition) is 0. The molecule has 1 aromatic carbocycles. The summed E-state index contributed by atoms with van der Waals surface area (Å²) >= 11 is 0. The largest absolute Gasteiger partial charge is 0.342 e. The fraction of sp³-hybridized carbons (Fsp3) is 0.600. The number of piperidine rings is 1. The lowest BCUT2D eigenvalue weighted by atomic mass is 9.79. The number of likely N-dealkylation sites (tertiary alicyclic amines) is 2. The van der Waals surface area contributed by atoms with Gasteiger partial charge < -0.3 is 4.90 Å². The molecule has 5 heteroatoms. The van der Waals surface area contributed by atoms with E-state index < -0.39 is 0 Å². The van der Waals surface area contributed by atoms with Gasteiger partial charge in [0.25, 0.3) is 0 Å². The van der Waals surface area contributed by atoms with Gasteiger partial charge >= 0.3 is 0 Å². The Morgan fingerprint density at radius 2 is 1.97 bits per heavy atom. The number of benzene rings is 1. The lowest BCUT2D eigenvalue weighted by Gasteiger charge is -2.40. The Bertz CT molecular complexity index is 918. The van der Waals surface area contributed by atoms with Crippen molar-refractivity contribution in [3.05, 3.63) is 52.3 Å². The molecule has 162 valence electrons. The molecular formula is C25H36N4O. The van der Waals surface area contributed by atoms with Gasteiger partial charge in [-0.05, 0) is 64.1 Å². The summed E-state index contributed by atoms with van der Waals surface area (Å²) in [7, 11) is 1.98. The molecule has 0 N–H and O–H groups in total. The minimum Gasteiger partial charge on any atom is -0.342 e. The number of carbonyl (C=O) groups excluding carboxylic acids is 1. The van der Waals surface area contributed by atoms with Crippen LogP contribution in [0.5, 0.6) is 0 Å². The second-order valence-electron chi connectivity index (χ2n) is 9.64. The number of nitrogens with zero attached hydrogens (tertiary/aromatic N) is 4. The Balaban J connectivity index is 1.33. The van der Waals surface area contributed by atoms with Crippen LogP contribution >= 0.6 is 0 Å². The Morgan fingerprint density at radius 3 is 2.70 bits per heavy atom. The molecule has 0 unspecified atom stereocenters. The zero-order valence-electron chi connectivity index (χ0n) is 19.1. The number of carbonyl (C=O) groups is 1. The Labute approximate surface area is 181 Å². The van der Waals surface area contributed by atoms with E-state index in [4.69, 9.17) is 0 Å². The number of amides is 1. The highest BCUT2D eigenvalue weighted by atomic mass is 16.2. The standard InChI is InChI=1S/C25H36N4O/c1-19-7-5-8-22(15-19)16-28-13-6-11-25(17-28)12-14-29(18-25)24(30)10-9-23-20(2)26-27(4)21(23)3/h5,7-8,15H,6,9-14,16-18H2,1-4H3/t25-/m0/s1. The van der Waals surface area contributed by atoms with Crippen LogP contribution < -0.4 is 0 Å². The predicted molar refractivity (Wildman–Crippen MR) is 120 cm³/mol. The average Bonchev–Trinajstić information content (AvgIpc) is 3.21. The van der Waals surface area contributed by atoms with Crippen LogP contribution in [0.3, 0.4) is 0 Å². The molecule has 2 fully saturated rings. The van der Waals surface area contributed by atoms with Crippen LogP contribution in [-0.4, -0.2) is 51.7 Å². The molecule has 1 amide bonds. The number of rotatable bonds is 5. The van der Waals surface area contributed by atoms with E-state index >= 15 is 0 Å². The highest BCUT2D eigenvalue weighted by Crippen LogP contribution is 2.39. The Kier molecular flexibility index (Phi) is 6.01. The zero-order chi connectivity index (χ0) is 21.3. The lowest BCUT2D eigenvalue weighted by molar-refractivity contribution is -0.130. The van der Waals surface area contributed by atoms with Crippen molar-refractivity contribution in [3.8, 4) is 0 Å². The maximum atomic E-state index is 13.0. The van der Waals surface area contributed by atoms with E-state index in [0.717, 1.165) is 44.7 Å². The summed E-state index contributed by atoms with van der Waals surface area (Å²) < 4.78 is 1.92. The normalized spacial score (nSPS) is 22.2. The van der Waals surface area contributed by atoms with Gasteiger partial charge in [0.2, 0.25) is 5.91 Å². The summed E-state index contributed by atoms with van der Waals surface area (Å²) in [5.41, 5.74) is 6.49. The maximum Gasteiger partial charge on any atom is 0.222 e. The molecule has 0 aliphatic carbocycles. The van der Waals surface area contributed by atoms with Crippen molar-refractivity contribution in [1.82, 2.24) is 19.6 Å². The van der Waals surface area contributed by atoms with Crippen molar-refractivity contribution < 1.29 is 4.79 Å². The molecule has 1 atom stereocenters. The van der Waals surface area contributed by atoms with Gasteiger partial charge in [-0.15, -0.1) is 0 Å². The van der Waals surface area contributed by atoms with Crippen LogP contribution in [-0.2, 0) is 24.8 Å². The summed E-state index contributed by atoms with van der Waals surface area (Å²) in [6.45, 7) is 11.5. The molecule has 4 rings (SSSR count). The van der Waals surface area contributed by atoms with E-state index in [1.165, 1.54) is 41.8 Å². The molecule has 1 spiro atoms. The highest BCUT2D eigenvalue weighted by molar-refractivity contribution is 5.77.